The van der Waals surface area contributed by atoms with Crippen LogP contribution in [-0.4, -0.2) is 29.2 Å². The lowest BCUT2D eigenvalue weighted by molar-refractivity contribution is 0.153. The molecular formula is C9H14ClN3O. The van der Waals surface area contributed by atoms with Crippen LogP contribution in [0.5, 0.6) is 6.01 Å². The second-order valence-electron chi connectivity index (χ2n) is 3.12. The molecule has 1 aromatic rings. The van der Waals surface area contributed by atoms with Crippen LogP contribution < -0.4 is 10.1 Å². The maximum Gasteiger partial charge on any atom is 0.316 e. The summed E-state index contributed by atoms with van der Waals surface area (Å²) in [6.45, 7) is 1.99. The third-order valence-corrected chi connectivity index (χ3v) is 2.07. The van der Waals surface area contributed by atoms with Crippen LogP contribution in [0.4, 0.5) is 0 Å². The van der Waals surface area contributed by atoms with Gasteiger partial charge in [0.05, 0.1) is 0 Å². The van der Waals surface area contributed by atoms with Gasteiger partial charge in [-0.2, -0.15) is 0 Å². The monoisotopic (exact) mass is 215 g/mol. The molecule has 1 N–H and O–H groups in total. The van der Waals surface area contributed by atoms with Gasteiger partial charge in [0.15, 0.2) is 0 Å². The number of rotatable bonds is 2. The normalized spacial score (nSPS) is 21.0. The first-order valence-electron chi connectivity index (χ1n) is 4.59. The average molecular weight is 216 g/mol. The number of aromatic nitrogens is 2. The minimum absolute atomic E-state index is 0. The quantitative estimate of drug-likeness (QED) is 0.801. The highest BCUT2D eigenvalue weighted by Crippen LogP contribution is 2.08. The van der Waals surface area contributed by atoms with Crippen molar-refractivity contribution in [2.24, 2.45) is 0 Å². The van der Waals surface area contributed by atoms with E-state index in [1.807, 2.05) is 0 Å². The second-order valence-corrected chi connectivity index (χ2v) is 3.12. The first-order valence-corrected chi connectivity index (χ1v) is 4.59. The Morgan fingerprint density at radius 3 is 2.79 bits per heavy atom. The van der Waals surface area contributed by atoms with Crippen LogP contribution in [0.2, 0.25) is 0 Å². The second kappa shape index (κ2) is 5.78. The predicted octanol–water partition coefficient (Wildman–Crippen LogP) is 1.03. The molecule has 0 bridgehead atoms. The van der Waals surface area contributed by atoms with Crippen molar-refractivity contribution >= 4 is 12.4 Å². The summed E-state index contributed by atoms with van der Waals surface area (Å²) in [6, 6.07) is 2.27. The zero-order valence-electron chi connectivity index (χ0n) is 7.85. The number of nitrogens with one attached hydrogen (secondary N) is 1. The third-order valence-electron chi connectivity index (χ3n) is 2.07. The molecule has 1 aliphatic heterocycles. The number of piperidine rings is 1. The fraction of sp³-hybridized carbons (Fsp3) is 0.556. The van der Waals surface area contributed by atoms with E-state index in [2.05, 4.69) is 15.3 Å². The molecule has 2 rings (SSSR count). The van der Waals surface area contributed by atoms with E-state index in [1.165, 1.54) is 0 Å². The van der Waals surface area contributed by atoms with E-state index >= 15 is 0 Å². The first-order chi connectivity index (χ1) is 6.45. The van der Waals surface area contributed by atoms with Crippen LogP contribution in [-0.2, 0) is 0 Å². The molecule has 1 atom stereocenters. The van der Waals surface area contributed by atoms with Gasteiger partial charge in [-0.15, -0.1) is 12.4 Å². The molecule has 1 saturated heterocycles. The molecule has 2 heterocycles. The van der Waals surface area contributed by atoms with E-state index in [4.69, 9.17) is 4.74 Å². The van der Waals surface area contributed by atoms with Gasteiger partial charge in [0.2, 0.25) is 0 Å². The zero-order valence-corrected chi connectivity index (χ0v) is 8.67. The highest BCUT2D eigenvalue weighted by atomic mass is 35.5. The summed E-state index contributed by atoms with van der Waals surface area (Å²) in [5.41, 5.74) is 0. The number of ether oxygens (including phenoxy) is 1. The highest BCUT2D eigenvalue weighted by Gasteiger charge is 2.14. The smallest absolute Gasteiger partial charge is 0.316 e. The predicted molar refractivity (Wildman–Crippen MR) is 55.8 cm³/mol. The average Bonchev–Trinajstić information content (AvgIpc) is 2.21. The molecule has 1 fully saturated rings. The van der Waals surface area contributed by atoms with Gasteiger partial charge in [-0.1, -0.05) is 0 Å². The van der Waals surface area contributed by atoms with Crippen LogP contribution in [0.3, 0.4) is 0 Å². The number of nitrogens with zero attached hydrogens (tertiary/aromatic N) is 2. The molecule has 5 heteroatoms. The standard InChI is InChI=1S/C9H13N3O.ClH/c1-3-8(7-10-4-1)13-9-11-5-2-6-12-9;/h2,5-6,8,10H,1,3-4,7H2;1H. The Kier molecular flexibility index (Phi) is 4.62. The Hall–Kier alpha value is -0.870. The van der Waals surface area contributed by atoms with E-state index in [1.54, 1.807) is 18.5 Å². The number of hydrogen-bond acceptors (Lipinski definition) is 4. The molecule has 1 unspecified atom stereocenters. The molecule has 0 spiro atoms. The van der Waals surface area contributed by atoms with Gasteiger partial charge in [0, 0.05) is 18.9 Å². The van der Waals surface area contributed by atoms with Crippen molar-refractivity contribution in [2.75, 3.05) is 13.1 Å². The van der Waals surface area contributed by atoms with Crippen molar-refractivity contribution in [3.05, 3.63) is 18.5 Å². The minimum Gasteiger partial charge on any atom is -0.459 e. The molecule has 1 aliphatic rings. The van der Waals surface area contributed by atoms with E-state index in [9.17, 15) is 0 Å². The van der Waals surface area contributed by atoms with Gasteiger partial charge in [0.25, 0.3) is 0 Å². The van der Waals surface area contributed by atoms with Gasteiger partial charge in [0.1, 0.15) is 6.10 Å². The van der Waals surface area contributed by atoms with Gasteiger partial charge >= 0.3 is 6.01 Å². The molecule has 14 heavy (non-hydrogen) atoms. The molecule has 0 aromatic carbocycles. The summed E-state index contributed by atoms with van der Waals surface area (Å²) in [6.07, 6.45) is 5.87. The molecule has 0 radical (unpaired) electrons. The van der Waals surface area contributed by atoms with Gasteiger partial charge in [-0.05, 0) is 25.5 Å². The molecule has 1 aromatic heterocycles. The van der Waals surface area contributed by atoms with E-state index in [0.717, 1.165) is 25.9 Å². The Morgan fingerprint density at radius 2 is 2.14 bits per heavy atom. The largest absolute Gasteiger partial charge is 0.459 e. The fourth-order valence-electron chi connectivity index (χ4n) is 1.42. The molecular weight excluding hydrogens is 202 g/mol. The van der Waals surface area contributed by atoms with E-state index in [-0.39, 0.29) is 18.5 Å². The Bertz CT molecular complexity index is 251. The molecule has 4 nitrogen and oxygen atoms in total. The number of halogens is 1. The fourth-order valence-corrected chi connectivity index (χ4v) is 1.42. The van der Waals surface area contributed by atoms with Crippen molar-refractivity contribution in [2.45, 2.75) is 18.9 Å². The van der Waals surface area contributed by atoms with Crippen LogP contribution in [0.15, 0.2) is 18.5 Å². The highest BCUT2D eigenvalue weighted by molar-refractivity contribution is 5.85. The SMILES string of the molecule is Cl.c1cnc(OC2CCCNC2)nc1. The van der Waals surface area contributed by atoms with Crippen molar-refractivity contribution < 1.29 is 4.74 Å². The lowest BCUT2D eigenvalue weighted by Gasteiger charge is -2.22. The summed E-state index contributed by atoms with van der Waals surface area (Å²) in [5, 5.41) is 3.27. The molecule has 0 aliphatic carbocycles. The maximum absolute atomic E-state index is 5.57. The van der Waals surface area contributed by atoms with Crippen molar-refractivity contribution in [3.8, 4) is 6.01 Å². The van der Waals surface area contributed by atoms with E-state index in [0.29, 0.717) is 6.01 Å². The van der Waals surface area contributed by atoms with Gasteiger partial charge < -0.3 is 10.1 Å². The van der Waals surface area contributed by atoms with Gasteiger partial charge in [-0.25, -0.2) is 9.97 Å². The molecule has 78 valence electrons. The van der Waals surface area contributed by atoms with Crippen molar-refractivity contribution in [3.63, 3.8) is 0 Å². The first kappa shape index (κ1) is 11.2. The topological polar surface area (TPSA) is 47.0 Å². The molecule has 0 amide bonds. The summed E-state index contributed by atoms with van der Waals surface area (Å²) < 4.78 is 5.57. The van der Waals surface area contributed by atoms with Crippen molar-refractivity contribution in [1.82, 2.24) is 15.3 Å². The number of hydrogen-bond donors (Lipinski definition) is 1. The van der Waals surface area contributed by atoms with E-state index < -0.39 is 0 Å². The Labute approximate surface area is 89.5 Å². The summed E-state index contributed by atoms with van der Waals surface area (Å²) in [7, 11) is 0. The van der Waals surface area contributed by atoms with Crippen molar-refractivity contribution in [1.29, 1.82) is 0 Å². The Balaban J connectivity index is 0.000000980. The van der Waals surface area contributed by atoms with Crippen LogP contribution >= 0.6 is 12.4 Å². The third kappa shape index (κ3) is 3.12. The summed E-state index contributed by atoms with van der Waals surface area (Å²) >= 11 is 0. The summed E-state index contributed by atoms with van der Waals surface area (Å²) in [4.78, 5) is 8.02. The van der Waals surface area contributed by atoms with Crippen LogP contribution in [0, 0.1) is 0 Å². The zero-order chi connectivity index (χ0) is 8.93. The lowest BCUT2D eigenvalue weighted by atomic mass is 10.1. The van der Waals surface area contributed by atoms with Crippen LogP contribution in [0.1, 0.15) is 12.8 Å². The van der Waals surface area contributed by atoms with Gasteiger partial charge in [-0.3, -0.25) is 0 Å². The Morgan fingerprint density at radius 1 is 1.36 bits per heavy atom. The van der Waals surface area contributed by atoms with Crippen LogP contribution in [0.25, 0.3) is 0 Å². The maximum atomic E-state index is 5.57. The molecule has 0 saturated carbocycles. The summed E-state index contributed by atoms with van der Waals surface area (Å²) in [5.74, 6) is 0. The lowest BCUT2D eigenvalue weighted by Crippen LogP contribution is -2.37. The minimum atomic E-state index is 0.